The number of ether oxygens (including phenoxy) is 1. The van der Waals surface area contributed by atoms with Crippen molar-refractivity contribution in [1.29, 1.82) is 0 Å². The maximum Gasteiger partial charge on any atom is 0.290 e. The Labute approximate surface area is 153 Å². The molecule has 0 atom stereocenters. The smallest absolute Gasteiger partial charge is 0.290 e. The maximum absolute atomic E-state index is 12.1. The van der Waals surface area contributed by atoms with Gasteiger partial charge in [0.2, 0.25) is 0 Å². The third-order valence-corrected chi connectivity index (χ3v) is 5.09. The van der Waals surface area contributed by atoms with Gasteiger partial charge >= 0.3 is 0 Å². The molecule has 0 saturated carbocycles. The van der Waals surface area contributed by atoms with Crippen molar-refractivity contribution in [2.24, 2.45) is 5.10 Å². The Bertz CT molecular complexity index is 760. The van der Waals surface area contributed by atoms with Gasteiger partial charge in [-0.25, -0.2) is 10.4 Å². The van der Waals surface area contributed by atoms with Gasteiger partial charge in [-0.15, -0.1) is 11.3 Å². The van der Waals surface area contributed by atoms with Crippen LogP contribution in [0, 0.1) is 0 Å². The van der Waals surface area contributed by atoms with Crippen LogP contribution in [0.15, 0.2) is 28.7 Å². The van der Waals surface area contributed by atoms with Crippen molar-refractivity contribution >= 4 is 51.8 Å². The predicted molar refractivity (Wildman–Crippen MR) is 96.7 cm³/mol. The number of nitrogens with one attached hydrogen (secondary N) is 1. The molecule has 0 aliphatic carbocycles. The first-order valence-corrected chi connectivity index (χ1v) is 8.84. The third-order valence-electron chi connectivity index (χ3n) is 3.36. The first-order chi connectivity index (χ1) is 11.6. The zero-order valence-corrected chi connectivity index (χ0v) is 14.9. The predicted octanol–water partition coefficient (Wildman–Crippen LogP) is 3.05. The molecule has 2 aromatic rings. The number of rotatable bonds is 4. The Morgan fingerprint density at radius 3 is 2.96 bits per heavy atom. The number of aromatic nitrogens is 1. The summed E-state index contributed by atoms with van der Waals surface area (Å²) in [5.41, 5.74) is 3.39. The van der Waals surface area contributed by atoms with E-state index in [4.69, 9.17) is 27.9 Å². The minimum Gasteiger partial charge on any atom is -0.378 e. The number of amides is 1. The highest BCUT2D eigenvalue weighted by Crippen LogP contribution is 2.24. The van der Waals surface area contributed by atoms with Crippen LogP contribution >= 0.6 is 34.5 Å². The van der Waals surface area contributed by atoms with Crippen LogP contribution < -0.4 is 10.3 Å². The van der Waals surface area contributed by atoms with Crippen molar-refractivity contribution in [1.82, 2.24) is 10.4 Å². The number of anilines is 1. The first kappa shape index (κ1) is 17.2. The van der Waals surface area contributed by atoms with E-state index in [9.17, 15) is 4.79 Å². The lowest BCUT2D eigenvalue weighted by Gasteiger charge is -2.25. The Morgan fingerprint density at radius 2 is 2.17 bits per heavy atom. The molecule has 6 nitrogen and oxygen atoms in total. The van der Waals surface area contributed by atoms with Gasteiger partial charge in [-0.1, -0.05) is 35.3 Å². The summed E-state index contributed by atoms with van der Waals surface area (Å²) in [4.78, 5) is 18.5. The van der Waals surface area contributed by atoms with Crippen LogP contribution in [0.1, 0.15) is 16.1 Å². The van der Waals surface area contributed by atoms with Crippen molar-refractivity contribution in [3.8, 4) is 0 Å². The average molecular weight is 385 g/mol. The van der Waals surface area contributed by atoms with E-state index in [1.54, 1.807) is 23.6 Å². The fourth-order valence-corrected chi connectivity index (χ4v) is 3.32. The number of halogens is 2. The van der Waals surface area contributed by atoms with Gasteiger partial charge in [0.1, 0.15) is 5.69 Å². The summed E-state index contributed by atoms with van der Waals surface area (Å²) >= 11 is 13.4. The topological polar surface area (TPSA) is 66.8 Å². The molecule has 1 aromatic carbocycles. The molecule has 0 bridgehead atoms. The van der Waals surface area contributed by atoms with Crippen LogP contribution in [0.4, 0.5) is 5.13 Å². The van der Waals surface area contributed by atoms with Gasteiger partial charge in [0.25, 0.3) is 5.91 Å². The Balaban J connectivity index is 1.62. The number of hydrazone groups is 1. The minimum absolute atomic E-state index is 0.329. The Kier molecular flexibility index (Phi) is 5.68. The second kappa shape index (κ2) is 7.94. The van der Waals surface area contributed by atoms with E-state index in [1.807, 2.05) is 0 Å². The number of carbonyl (C=O) groups is 1. The molecule has 24 heavy (non-hydrogen) atoms. The summed E-state index contributed by atoms with van der Waals surface area (Å²) < 4.78 is 5.31. The molecule has 2 heterocycles. The Morgan fingerprint density at radius 1 is 1.38 bits per heavy atom. The van der Waals surface area contributed by atoms with Gasteiger partial charge < -0.3 is 9.64 Å². The van der Waals surface area contributed by atoms with Crippen LogP contribution in [-0.2, 0) is 4.74 Å². The summed E-state index contributed by atoms with van der Waals surface area (Å²) in [6.07, 6.45) is 1.45. The summed E-state index contributed by atoms with van der Waals surface area (Å²) in [5.74, 6) is -0.375. The van der Waals surface area contributed by atoms with Gasteiger partial charge in [-0.2, -0.15) is 5.10 Å². The largest absolute Gasteiger partial charge is 0.378 e. The van der Waals surface area contributed by atoms with Crippen molar-refractivity contribution in [2.75, 3.05) is 31.2 Å². The standard InChI is InChI=1S/C15H14Cl2N4O2S/c16-11-3-1-2-10(13(11)17)8-18-20-14(22)12-9-24-15(19-12)21-4-6-23-7-5-21/h1-3,8-9H,4-7H2,(H,20,22)/b18-8+. The van der Waals surface area contributed by atoms with Crippen LogP contribution in [-0.4, -0.2) is 43.4 Å². The third kappa shape index (κ3) is 4.05. The van der Waals surface area contributed by atoms with E-state index >= 15 is 0 Å². The van der Waals surface area contributed by atoms with Crippen LogP contribution in [0.25, 0.3) is 0 Å². The number of nitrogens with zero attached hydrogens (tertiary/aromatic N) is 3. The Hall–Kier alpha value is -1.67. The van der Waals surface area contributed by atoms with Crippen molar-refractivity contribution in [3.63, 3.8) is 0 Å². The number of morpholine rings is 1. The number of benzene rings is 1. The molecule has 0 radical (unpaired) electrons. The molecule has 126 valence electrons. The molecular weight excluding hydrogens is 371 g/mol. The van der Waals surface area contributed by atoms with Crippen LogP contribution in [0.3, 0.4) is 0 Å². The monoisotopic (exact) mass is 384 g/mol. The van der Waals surface area contributed by atoms with Gasteiger partial charge in [0.15, 0.2) is 5.13 Å². The number of hydrogen-bond acceptors (Lipinski definition) is 6. The van der Waals surface area contributed by atoms with Crippen LogP contribution in [0.2, 0.25) is 10.0 Å². The number of hydrogen-bond donors (Lipinski definition) is 1. The fourth-order valence-electron chi connectivity index (χ4n) is 2.11. The van der Waals surface area contributed by atoms with Gasteiger partial charge in [0.05, 0.1) is 29.5 Å². The fraction of sp³-hybridized carbons (Fsp3) is 0.267. The second-order valence-electron chi connectivity index (χ2n) is 4.96. The minimum atomic E-state index is -0.375. The van der Waals surface area contributed by atoms with E-state index in [0.29, 0.717) is 34.5 Å². The molecule has 0 spiro atoms. The van der Waals surface area contributed by atoms with Gasteiger partial charge in [0, 0.05) is 24.0 Å². The molecular formula is C15H14Cl2N4O2S. The zero-order chi connectivity index (χ0) is 16.9. The molecule has 1 saturated heterocycles. The SMILES string of the molecule is O=C(N/N=C/c1cccc(Cl)c1Cl)c1csc(N2CCOCC2)n1. The van der Waals surface area contributed by atoms with E-state index in [0.717, 1.165) is 18.2 Å². The van der Waals surface area contributed by atoms with E-state index < -0.39 is 0 Å². The summed E-state index contributed by atoms with van der Waals surface area (Å²) in [6.45, 7) is 2.90. The first-order valence-electron chi connectivity index (χ1n) is 7.21. The van der Waals surface area contributed by atoms with Crippen molar-refractivity contribution in [2.45, 2.75) is 0 Å². The highest BCUT2D eigenvalue weighted by molar-refractivity contribution is 7.13. The van der Waals surface area contributed by atoms with E-state index in [-0.39, 0.29) is 5.91 Å². The molecule has 3 rings (SSSR count). The molecule has 9 heteroatoms. The lowest BCUT2D eigenvalue weighted by molar-refractivity contribution is 0.0951. The molecule has 1 fully saturated rings. The molecule has 1 aliphatic heterocycles. The highest BCUT2D eigenvalue weighted by Gasteiger charge is 2.17. The molecule has 0 unspecified atom stereocenters. The normalized spacial score (nSPS) is 15.0. The second-order valence-corrected chi connectivity index (χ2v) is 6.58. The molecule has 1 N–H and O–H groups in total. The lowest BCUT2D eigenvalue weighted by atomic mass is 10.2. The zero-order valence-electron chi connectivity index (χ0n) is 12.5. The molecule has 1 aliphatic rings. The van der Waals surface area contributed by atoms with Crippen molar-refractivity contribution in [3.05, 3.63) is 44.9 Å². The summed E-state index contributed by atoms with van der Waals surface area (Å²) in [6, 6.07) is 5.19. The van der Waals surface area contributed by atoms with Gasteiger partial charge in [-0.3, -0.25) is 4.79 Å². The maximum atomic E-state index is 12.1. The molecule has 1 aromatic heterocycles. The number of carbonyl (C=O) groups excluding carboxylic acids is 1. The van der Waals surface area contributed by atoms with Crippen molar-refractivity contribution < 1.29 is 9.53 Å². The summed E-state index contributed by atoms with van der Waals surface area (Å²) in [7, 11) is 0. The van der Waals surface area contributed by atoms with Crippen LogP contribution in [0.5, 0.6) is 0 Å². The summed E-state index contributed by atoms with van der Waals surface area (Å²) in [5, 5.41) is 7.25. The average Bonchev–Trinajstić information content (AvgIpc) is 3.09. The number of thiazole rings is 1. The van der Waals surface area contributed by atoms with Gasteiger partial charge in [-0.05, 0) is 6.07 Å². The van der Waals surface area contributed by atoms with E-state index in [1.165, 1.54) is 17.6 Å². The lowest BCUT2D eigenvalue weighted by Crippen LogP contribution is -2.36. The molecule has 1 amide bonds. The highest BCUT2D eigenvalue weighted by atomic mass is 35.5. The van der Waals surface area contributed by atoms with E-state index in [2.05, 4.69) is 20.4 Å². The quantitative estimate of drug-likeness (QED) is 0.649.